The maximum atomic E-state index is 14.9. The summed E-state index contributed by atoms with van der Waals surface area (Å²) in [6.45, 7) is -0.00366. The third-order valence-corrected chi connectivity index (χ3v) is 5.81. The molecule has 1 amide bonds. The second kappa shape index (κ2) is 9.21. The number of ether oxygens (including phenoxy) is 1. The smallest absolute Gasteiger partial charge is 0.295 e. The molecule has 1 aromatic heterocycles. The summed E-state index contributed by atoms with van der Waals surface area (Å²) in [6.07, 6.45) is 3.09. The number of aromatic nitrogens is 1. The van der Waals surface area contributed by atoms with Gasteiger partial charge in [-0.15, -0.1) is 0 Å². The van der Waals surface area contributed by atoms with Crippen molar-refractivity contribution in [2.24, 2.45) is 0 Å². The molecule has 2 aromatic carbocycles. The van der Waals surface area contributed by atoms with E-state index >= 15 is 0 Å². The lowest BCUT2D eigenvalue weighted by Crippen LogP contribution is -2.29. The number of nitrogens with zero attached hydrogens (tertiary/aromatic N) is 2. The Morgan fingerprint density at radius 2 is 1.85 bits per heavy atom. The van der Waals surface area contributed by atoms with E-state index in [0.29, 0.717) is 5.56 Å². The maximum Gasteiger partial charge on any atom is 0.295 e. The van der Waals surface area contributed by atoms with Gasteiger partial charge >= 0.3 is 0 Å². The minimum Gasteiger partial charge on any atom is -0.507 e. The number of hydrogen-bond acceptors (Lipinski definition) is 5. The van der Waals surface area contributed by atoms with Gasteiger partial charge < -0.3 is 14.7 Å². The van der Waals surface area contributed by atoms with Crippen molar-refractivity contribution < 1.29 is 23.8 Å². The molecule has 168 valence electrons. The van der Waals surface area contributed by atoms with Crippen LogP contribution in [0.3, 0.4) is 0 Å². The molecule has 4 rings (SSSR count). The zero-order valence-electron chi connectivity index (χ0n) is 17.3. The highest BCUT2D eigenvalue weighted by atomic mass is 35.5. The van der Waals surface area contributed by atoms with Crippen molar-refractivity contribution in [1.82, 2.24) is 9.88 Å². The standard InChI is InChI=1S/C24H17Cl2FN2O4/c1-33-23-16(10-14(25)11-17(23)26)21(30)19-20(15-4-2-3-5-18(15)27)29(24(32)22(19)31)12-13-6-8-28-9-7-13/h2-11,20,30H,12H2,1H3/b21-19+. The van der Waals surface area contributed by atoms with E-state index < -0.39 is 29.3 Å². The first-order valence-corrected chi connectivity index (χ1v) is 10.5. The molecule has 1 unspecified atom stereocenters. The van der Waals surface area contributed by atoms with E-state index in [1.54, 1.807) is 30.6 Å². The summed E-state index contributed by atoms with van der Waals surface area (Å²) in [5.74, 6) is -2.99. The van der Waals surface area contributed by atoms with Gasteiger partial charge in [0.15, 0.2) is 0 Å². The molecule has 0 aliphatic carbocycles. The summed E-state index contributed by atoms with van der Waals surface area (Å²) in [5.41, 5.74) is 0.449. The quantitative estimate of drug-likeness (QED) is 0.306. The molecular formula is C24H17Cl2FN2O4. The van der Waals surface area contributed by atoms with Crippen LogP contribution in [0.15, 0.2) is 66.5 Å². The monoisotopic (exact) mass is 486 g/mol. The van der Waals surface area contributed by atoms with E-state index in [0.717, 1.165) is 0 Å². The Morgan fingerprint density at radius 1 is 1.15 bits per heavy atom. The van der Waals surface area contributed by atoms with Crippen molar-refractivity contribution in [3.8, 4) is 5.75 Å². The number of methoxy groups -OCH3 is 1. The molecule has 0 bridgehead atoms. The van der Waals surface area contributed by atoms with Crippen LogP contribution >= 0.6 is 23.2 Å². The van der Waals surface area contributed by atoms with E-state index in [1.165, 1.54) is 42.3 Å². The second-order valence-corrected chi connectivity index (χ2v) is 8.12. The molecule has 1 aliphatic heterocycles. The van der Waals surface area contributed by atoms with E-state index in [1.807, 2.05) is 0 Å². The van der Waals surface area contributed by atoms with Gasteiger partial charge in [-0.1, -0.05) is 41.4 Å². The Labute approximate surface area is 198 Å². The van der Waals surface area contributed by atoms with Crippen LogP contribution in [0, 0.1) is 5.82 Å². The normalized spacial score (nSPS) is 17.5. The van der Waals surface area contributed by atoms with Crippen LogP contribution in [-0.2, 0) is 16.1 Å². The third-order valence-electron chi connectivity index (χ3n) is 5.31. The van der Waals surface area contributed by atoms with Gasteiger partial charge in [0, 0.05) is 29.5 Å². The highest BCUT2D eigenvalue weighted by molar-refractivity contribution is 6.46. The Morgan fingerprint density at radius 3 is 2.52 bits per heavy atom. The summed E-state index contributed by atoms with van der Waals surface area (Å²) in [5, 5.41) is 11.5. The molecule has 0 saturated carbocycles. The van der Waals surface area contributed by atoms with Gasteiger partial charge in [0.1, 0.15) is 17.3 Å². The minimum absolute atomic E-state index is 0.00366. The topological polar surface area (TPSA) is 79.7 Å². The number of aliphatic hydroxyl groups is 1. The Balaban J connectivity index is 1.95. The Kier molecular flexibility index (Phi) is 6.35. The molecule has 1 fully saturated rings. The SMILES string of the molecule is COc1c(Cl)cc(Cl)cc1/C(O)=C1\C(=O)C(=O)N(Cc2ccncc2)C1c1ccccc1F. The highest BCUT2D eigenvalue weighted by Crippen LogP contribution is 2.44. The fourth-order valence-electron chi connectivity index (χ4n) is 3.84. The van der Waals surface area contributed by atoms with Gasteiger partial charge in [-0.2, -0.15) is 0 Å². The van der Waals surface area contributed by atoms with Crippen LogP contribution < -0.4 is 4.74 Å². The summed E-state index contributed by atoms with van der Waals surface area (Å²) in [7, 11) is 1.34. The molecule has 1 atom stereocenters. The average Bonchev–Trinajstić information content (AvgIpc) is 3.04. The number of pyridine rings is 1. The van der Waals surface area contributed by atoms with Crippen molar-refractivity contribution in [2.45, 2.75) is 12.6 Å². The van der Waals surface area contributed by atoms with Crippen LogP contribution in [0.2, 0.25) is 10.0 Å². The number of likely N-dealkylation sites (tertiary alicyclic amines) is 1. The number of benzene rings is 2. The first-order chi connectivity index (χ1) is 15.8. The molecule has 1 saturated heterocycles. The number of rotatable bonds is 5. The fraction of sp³-hybridized carbons (Fsp3) is 0.125. The molecule has 2 heterocycles. The minimum atomic E-state index is -1.19. The van der Waals surface area contributed by atoms with Crippen molar-refractivity contribution >= 4 is 40.7 Å². The number of hydrogen-bond donors (Lipinski definition) is 1. The molecule has 0 spiro atoms. The highest BCUT2D eigenvalue weighted by Gasteiger charge is 2.47. The van der Waals surface area contributed by atoms with Crippen LogP contribution in [-0.4, -0.2) is 33.8 Å². The average molecular weight is 487 g/mol. The van der Waals surface area contributed by atoms with Crippen LogP contribution in [0.25, 0.3) is 5.76 Å². The molecule has 9 heteroatoms. The van der Waals surface area contributed by atoms with Crippen LogP contribution in [0.4, 0.5) is 4.39 Å². The first-order valence-electron chi connectivity index (χ1n) is 9.78. The summed E-state index contributed by atoms with van der Waals surface area (Å²) in [6, 6.07) is 10.7. The number of ketones is 1. The zero-order chi connectivity index (χ0) is 23.7. The number of carbonyl (C=O) groups is 2. The van der Waals surface area contributed by atoms with Crippen molar-refractivity contribution in [3.05, 3.63) is 99.1 Å². The second-order valence-electron chi connectivity index (χ2n) is 7.27. The number of Topliss-reactive ketones (excluding diaryl/α,β-unsaturated/α-hetero) is 1. The lowest BCUT2D eigenvalue weighted by Gasteiger charge is -2.26. The first kappa shape index (κ1) is 22.8. The summed E-state index contributed by atoms with van der Waals surface area (Å²) in [4.78, 5) is 31.3. The number of amides is 1. The molecule has 0 radical (unpaired) electrons. The predicted molar refractivity (Wildman–Crippen MR) is 121 cm³/mol. The third kappa shape index (κ3) is 4.17. The van der Waals surface area contributed by atoms with E-state index in [2.05, 4.69) is 4.98 Å². The number of aliphatic hydroxyl groups excluding tert-OH is 1. The van der Waals surface area contributed by atoms with Gasteiger partial charge in [-0.25, -0.2) is 4.39 Å². The summed E-state index contributed by atoms with van der Waals surface area (Å²) < 4.78 is 20.2. The fourth-order valence-corrected chi connectivity index (χ4v) is 4.41. The van der Waals surface area contributed by atoms with Crippen molar-refractivity contribution in [2.75, 3.05) is 7.11 Å². The van der Waals surface area contributed by atoms with E-state index in [-0.39, 0.29) is 39.0 Å². The Hall–Kier alpha value is -3.42. The van der Waals surface area contributed by atoms with Crippen LogP contribution in [0.5, 0.6) is 5.75 Å². The van der Waals surface area contributed by atoms with Gasteiger partial charge in [0.05, 0.1) is 29.3 Å². The largest absolute Gasteiger partial charge is 0.507 e. The molecule has 6 nitrogen and oxygen atoms in total. The predicted octanol–water partition coefficient (Wildman–Crippen LogP) is 5.16. The number of carbonyl (C=O) groups excluding carboxylic acids is 2. The van der Waals surface area contributed by atoms with Gasteiger partial charge in [0.2, 0.25) is 0 Å². The van der Waals surface area contributed by atoms with E-state index in [4.69, 9.17) is 27.9 Å². The lowest BCUT2D eigenvalue weighted by atomic mass is 9.94. The lowest BCUT2D eigenvalue weighted by molar-refractivity contribution is -0.140. The van der Waals surface area contributed by atoms with Crippen molar-refractivity contribution in [3.63, 3.8) is 0 Å². The number of halogens is 3. The van der Waals surface area contributed by atoms with Crippen molar-refractivity contribution in [1.29, 1.82) is 0 Å². The Bertz CT molecular complexity index is 1280. The van der Waals surface area contributed by atoms with Crippen LogP contribution in [0.1, 0.15) is 22.7 Å². The summed E-state index contributed by atoms with van der Waals surface area (Å²) >= 11 is 12.3. The van der Waals surface area contributed by atoms with Gasteiger partial charge in [-0.3, -0.25) is 14.6 Å². The molecule has 1 N–H and O–H groups in total. The molecule has 1 aliphatic rings. The molecule has 3 aromatic rings. The zero-order valence-corrected chi connectivity index (χ0v) is 18.8. The molecule has 33 heavy (non-hydrogen) atoms. The van der Waals surface area contributed by atoms with E-state index in [9.17, 15) is 19.1 Å². The van der Waals surface area contributed by atoms with Gasteiger partial charge in [0.25, 0.3) is 11.7 Å². The molecular weight excluding hydrogens is 470 g/mol. The maximum absolute atomic E-state index is 14.9. The van der Waals surface area contributed by atoms with Gasteiger partial charge in [-0.05, 0) is 35.9 Å².